The van der Waals surface area contributed by atoms with Crippen LogP contribution in [0.3, 0.4) is 0 Å². The average molecular weight is 252 g/mol. The lowest BCUT2D eigenvalue weighted by molar-refractivity contribution is -0.384. The molecular formula is C12H20N4O2. The molecule has 18 heavy (non-hydrogen) atoms. The predicted octanol–water partition coefficient (Wildman–Crippen LogP) is 3.00. The monoisotopic (exact) mass is 252 g/mol. The molecule has 0 aromatic carbocycles. The topological polar surface area (TPSA) is 87.0 Å². The quantitative estimate of drug-likeness (QED) is 0.661. The smallest absolute Gasteiger partial charge is 0.334 e. The third-order valence-electron chi connectivity index (χ3n) is 3.60. The maximum Gasteiger partial charge on any atom is 0.334 e. The molecule has 0 amide bonds. The average Bonchev–Trinajstić information content (AvgIpc) is 2.68. The second kappa shape index (κ2) is 4.96. The summed E-state index contributed by atoms with van der Waals surface area (Å²) < 4.78 is 1.69. The summed E-state index contributed by atoms with van der Waals surface area (Å²) in [5, 5.41) is 15.5. The molecule has 100 valence electrons. The van der Waals surface area contributed by atoms with Crippen molar-refractivity contribution in [1.82, 2.24) is 9.78 Å². The molecule has 2 rings (SSSR count). The number of hydrogen-bond acceptors (Lipinski definition) is 4. The molecule has 0 bridgehead atoms. The fraction of sp³-hybridized carbons (Fsp3) is 0.750. The van der Waals surface area contributed by atoms with Gasteiger partial charge >= 0.3 is 5.69 Å². The van der Waals surface area contributed by atoms with Gasteiger partial charge in [0.15, 0.2) is 0 Å². The minimum absolute atomic E-state index is 0.00410. The number of nitrogens with zero attached hydrogens (tertiary/aromatic N) is 3. The Hall–Kier alpha value is -1.59. The van der Waals surface area contributed by atoms with Crippen molar-refractivity contribution in [2.24, 2.45) is 0 Å². The summed E-state index contributed by atoms with van der Waals surface area (Å²) in [5.74, 6) is 0.230. The number of anilines is 1. The van der Waals surface area contributed by atoms with E-state index >= 15 is 0 Å². The van der Waals surface area contributed by atoms with Gasteiger partial charge in [-0.2, -0.15) is 5.10 Å². The first kappa shape index (κ1) is 12.9. The van der Waals surface area contributed by atoms with Crippen LogP contribution in [0.1, 0.15) is 63.6 Å². The predicted molar refractivity (Wildman–Crippen MR) is 69.5 cm³/mol. The number of rotatable bonds is 3. The first-order valence-electron chi connectivity index (χ1n) is 6.54. The molecule has 6 nitrogen and oxygen atoms in total. The summed E-state index contributed by atoms with van der Waals surface area (Å²) in [7, 11) is 0. The van der Waals surface area contributed by atoms with Crippen molar-refractivity contribution in [1.29, 1.82) is 0 Å². The molecule has 1 aliphatic rings. The largest absolute Gasteiger partial charge is 0.378 e. The van der Waals surface area contributed by atoms with E-state index in [1.807, 2.05) is 13.8 Å². The van der Waals surface area contributed by atoms with Gasteiger partial charge in [0.25, 0.3) is 0 Å². The number of nitrogens with two attached hydrogens (primary N) is 1. The van der Waals surface area contributed by atoms with Crippen LogP contribution >= 0.6 is 0 Å². The highest BCUT2D eigenvalue weighted by atomic mass is 16.6. The second-order valence-electron chi connectivity index (χ2n) is 5.27. The maximum absolute atomic E-state index is 11.1. The molecule has 0 atom stereocenters. The van der Waals surface area contributed by atoms with E-state index in [0.717, 1.165) is 25.7 Å². The summed E-state index contributed by atoms with van der Waals surface area (Å²) in [6.07, 6.45) is 5.56. The fourth-order valence-corrected chi connectivity index (χ4v) is 2.64. The van der Waals surface area contributed by atoms with Crippen molar-refractivity contribution in [3.63, 3.8) is 0 Å². The highest BCUT2D eigenvalue weighted by molar-refractivity contribution is 5.57. The zero-order chi connectivity index (χ0) is 13.3. The summed E-state index contributed by atoms with van der Waals surface area (Å²) >= 11 is 0. The van der Waals surface area contributed by atoms with Gasteiger partial charge in [-0.1, -0.05) is 33.1 Å². The van der Waals surface area contributed by atoms with Crippen molar-refractivity contribution in [3.05, 3.63) is 15.8 Å². The van der Waals surface area contributed by atoms with Gasteiger partial charge in [-0.05, 0) is 12.8 Å². The molecule has 1 fully saturated rings. The molecule has 1 saturated carbocycles. The molecule has 0 radical (unpaired) electrons. The van der Waals surface area contributed by atoms with E-state index in [2.05, 4.69) is 5.10 Å². The zero-order valence-electron chi connectivity index (χ0n) is 10.9. The Labute approximate surface area is 106 Å². The lowest BCUT2D eigenvalue weighted by Crippen LogP contribution is -2.16. The lowest BCUT2D eigenvalue weighted by Gasteiger charge is -2.22. The number of nitrogen functional groups attached to an aromatic ring is 1. The molecular weight excluding hydrogens is 232 g/mol. The zero-order valence-corrected chi connectivity index (χ0v) is 10.9. The van der Waals surface area contributed by atoms with Gasteiger partial charge in [-0.25, -0.2) is 4.68 Å². The summed E-state index contributed by atoms with van der Waals surface area (Å²) in [4.78, 5) is 10.7. The van der Waals surface area contributed by atoms with Crippen LogP contribution in [0.2, 0.25) is 0 Å². The lowest BCUT2D eigenvalue weighted by atomic mass is 9.96. The first-order chi connectivity index (χ1) is 8.52. The molecule has 0 aliphatic heterocycles. The van der Waals surface area contributed by atoms with Gasteiger partial charge in [0.2, 0.25) is 5.82 Å². The van der Waals surface area contributed by atoms with Gasteiger partial charge in [0, 0.05) is 5.92 Å². The minimum Gasteiger partial charge on any atom is -0.378 e. The van der Waals surface area contributed by atoms with Crippen LogP contribution in [-0.2, 0) is 0 Å². The van der Waals surface area contributed by atoms with Crippen LogP contribution in [0.25, 0.3) is 0 Å². The normalized spacial score (nSPS) is 17.3. The van der Waals surface area contributed by atoms with Crippen molar-refractivity contribution in [2.75, 3.05) is 5.73 Å². The molecule has 1 aromatic heterocycles. The van der Waals surface area contributed by atoms with Crippen LogP contribution in [0.4, 0.5) is 11.5 Å². The van der Waals surface area contributed by atoms with E-state index in [4.69, 9.17) is 5.73 Å². The van der Waals surface area contributed by atoms with Gasteiger partial charge in [-0.3, -0.25) is 10.1 Å². The summed E-state index contributed by atoms with van der Waals surface area (Å²) in [5.41, 5.74) is 6.43. The van der Waals surface area contributed by atoms with Crippen molar-refractivity contribution >= 4 is 11.5 Å². The Bertz CT molecular complexity index is 447. The van der Waals surface area contributed by atoms with Gasteiger partial charge in [0.1, 0.15) is 5.69 Å². The van der Waals surface area contributed by atoms with E-state index in [0.29, 0.717) is 5.69 Å². The van der Waals surface area contributed by atoms with Crippen molar-refractivity contribution in [2.45, 2.75) is 57.9 Å². The van der Waals surface area contributed by atoms with Crippen molar-refractivity contribution < 1.29 is 4.92 Å². The standard InChI is InChI=1S/C12H20N4O2/c1-8(2)10-11(16(17)18)12(13)15(14-10)9-6-4-3-5-7-9/h8-9H,3-7,13H2,1-2H3. The highest BCUT2D eigenvalue weighted by Gasteiger charge is 2.30. The van der Waals surface area contributed by atoms with Gasteiger partial charge < -0.3 is 5.73 Å². The van der Waals surface area contributed by atoms with Crippen LogP contribution in [0, 0.1) is 10.1 Å². The molecule has 2 N–H and O–H groups in total. The third-order valence-corrected chi connectivity index (χ3v) is 3.60. The maximum atomic E-state index is 11.1. The summed E-state index contributed by atoms with van der Waals surface area (Å²) in [6.45, 7) is 3.81. The van der Waals surface area contributed by atoms with Crippen LogP contribution < -0.4 is 5.73 Å². The van der Waals surface area contributed by atoms with Crippen molar-refractivity contribution in [3.8, 4) is 0 Å². The highest BCUT2D eigenvalue weighted by Crippen LogP contribution is 2.37. The second-order valence-corrected chi connectivity index (χ2v) is 5.27. The van der Waals surface area contributed by atoms with E-state index in [9.17, 15) is 10.1 Å². The molecule has 6 heteroatoms. The Morgan fingerprint density at radius 1 is 1.39 bits per heavy atom. The van der Waals surface area contributed by atoms with E-state index in [1.165, 1.54) is 6.42 Å². The molecule has 0 unspecified atom stereocenters. The molecule has 0 saturated heterocycles. The van der Waals surface area contributed by atoms with Crippen LogP contribution in [0.5, 0.6) is 0 Å². The Morgan fingerprint density at radius 2 is 2.00 bits per heavy atom. The van der Waals surface area contributed by atoms with Crippen LogP contribution in [-0.4, -0.2) is 14.7 Å². The fourth-order valence-electron chi connectivity index (χ4n) is 2.64. The summed E-state index contributed by atoms with van der Waals surface area (Å²) in [6, 6.07) is 0.227. The molecule has 1 aliphatic carbocycles. The van der Waals surface area contributed by atoms with Crippen LogP contribution in [0.15, 0.2) is 0 Å². The van der Waals surface area contributed by atoms with Gasteiger partial charge in [-0.15, -0.1) is 0 Å². The Balaban J connectivity index is 2.42. The first-order valence-corrected chi connectivity index (χ1v) is 6.54. The molecule has 0 spiro atoms. The molecule has 1 aromatic rings. The SMILES string of the molecule is CC(C)c1nn(C2CCCCC2)c(N)c1[N+](=O)[O-]. The van der Waals surface area contributed by atoms with Gasteiger partial charge in [0.05, 0.1) is 11.0 Å². The van der Waals surface area contributed by atoms with E-state index in [-0.39, 0.29) is 23.5 Å². The van der Waals surface area contributed by atoms with E-state index < -0.39 is 4.92 Å². The number of aromatic nitrogens is 2. The number of nitro groups is 1. The Kier molecular flexibility index (Phi) is 3.54. The molecule has 1 heterocycles. The third kappa shape index (κ3) is 2.19. The minimum atomic E-state index is -0.406. The van der Waals surface area contributed by atoms with E-state index in [1.54, 1.807) is 4.68 Å². The Morgan fingerprint density at radius 3 is 2.44 bits per heavy atom. The number of hydrogen-bond donors (Lipinski definition) is 1.